The topological polar surface area (TPSA) is 233 Å². The molecule has 4 atom stereocenters. The van der Waals surface area contributed by atoms with Gasteiger partial charge in [-0.15, -0.1) is 0 Å². The second kappa shape index (κ2) is 20.5. The zero-order chi connectivity index (χ0) is 33.1. The van der Waals surface area contributed by atoms with Gasteiger partial charge in [0.1, 0.15) is 18.7 Å². The lowest BCUT2D eigenvalue weighted by molar-refractivity contribution is -0.132. The van der Waals surface area contributed by atoms with Crippen LogP contribution in [0, 0.1) is 5.92 Å². The van der Waals surface area contributed by atoms with Gasteiger partial charge in [0.25, 0.3) is 0 Å². The summed E-state index contributed by atoms with van der Waals surface area (Å²) in [5.74, 6) is -1.65. The van der Waals surface area contributed by atoms with Gasteiger partial charge in [0.15, 0.2) is 0 Å². The van der Waals surface area contributed by atoms with E-state index >= 15 is 0 Å². The molecule has 0 aliphatic carbocycles. The largest absolute Gasteiger partial charge is 0.445 e. The molecule has 0 aliphatic rings. The van der Waals surface area contributed by atoms with Crippen LogP contribution in [0.15, 0.2) is 24.3 Å². The summed E-state index contributed by atoms with van der Waals surface area (Å²) in [6.45, 7) is 7.86. The lowest BCUT2D eigenvalue weighted by atomic mass is 10.0. The van der Waals surface area contributed by atoms with Crippen molar-refractivity contribution in [3.8, 4) is 0 Å². The summed E-state index contributed by atoms with van der Waals surface area (Å²) >= 11 is 0. The summed E-state index contributed by atoms with van der Waals surface area (Å²) in [6.07, 6.45) is 1.24. The Hall–Kier alpha value is -4.40. The van der Waals surface area contributed by atoms with E-state index in [-0.39, 0.29) is 50.0 Å². The number of hydrogen-bond acceptors (Lipinski definition) is 8. The molecule has 44 heavy (non-hydrogen) atoms. The van der Waals surface area contributed by atoms with Gasteiger partial charge in [0, 0.05) is 31.3 Å². The number of amides is 7. The van der Waals surface area contributed by atoms with E-state index in [1.165, 1.54) is 0 Å². The van der Waals surface area contributed by atoms with Crippen LogP contribution in [0.4, 0.5) is 15.3 Å². The maximum absolute atomic E-state index is 13.3. The summed E-state index contributed by atoms with van der Waals surface area (Å²) in [5, 5.41) is 13.3. The predicted octanol–water partition coefficient (Wildman–Crippen LogP) is 1.00. The molecule has 15 heteroatoms. The Kier molecular flexibility index (Phi) is 17.5. The first kappa shape index (κ1) is 37.6. The normalized spacial score (nSPS) is 13.5. The molecule has 1 aromatic carbocycles. The van der Waals surface area contributed by atoms with Gasteiger partial charge in [0.05, 0.1) is 6.10 Å². The smallest absolute Gasteiger partial charge is 0.404 e. The van der Waals surface area contributed by atoms with Crippen molar-refractivity contribution in [2.75, 3.05) is 18.5 Å². The van der Waals surface area contributed by atoms with Gasteiger partial charge in [-0.2, -0.15) is 0 Å². The van der Waals surface area contributed by atoms with Crippen LogP contribution in [0.5, 0.6) is 0 Å². The molecule has 0 saturated carbocycles. The first-order valence-corrected chi connectivity index (χ1v) is 14.6. The number of ether oxygens (including phenoxy) is 2. The lowest BCUT2D eigenvalue weighted by Gasteiger charge is -2.25. The molecule has 0 aromatic heterocycles. The molecule has 1 aromatic rings. The Morgan fingerprint density at radius 1 is 0.909 bits per heavy atom. The van der Waals surface area contributed by atoms with Gasteiger partial charge in [-0.1, -0.05) is 26.0 Å². The third-order valence-corrected chi connectivity index (χ3v) is 6.55. The fraction of sp³-hybridized carbons (Fsp3) is 0.586. The first-order chi connectivity index (χ1) is 20.8. The minimum Gasteiger partial charge on any atom is -0.445 e. The minimum absolute atomic E-state index is 0.0196. The van der Waals surface area contributed by atoms with Crippen LogP contribution >= 0.6 is 0 Å². The maximum atomic E-state index is 13.3. The summed E-state index contributed by atoms with van der Waals surface area (Å²) in [4.78, 5) is 71.5. The maximum Gasteiger partial charge on any atom is 0.404 e. The fourth-order valence-electron chi connectivity index (χ4n) is 3.96. The van der Waals surface area contributed by atoms with E-state index in [0.717, 1.165) is 0 Å². The Bertz CT molecular complexity index is 1080. The van der Waals surface area contributed by atoms with Crippen LogP contribution in [0.2, 0.25) is 0 Å². The van der Waals surface area contributed by atoms with Gasteiger partial charge in [-0.3, -0.25) is 19.2 Å². The lowest BCUT2D eigenvalue weighted by Crippen LogP contribution is -2.54. The Morgan fingerprint density at radius 3 is 2.18 bits per heavy atom. The van der Waals surface area contributed by atoms with Crippen molar-refractivity contribution < 1.29 is 38.2 Å². The number of urea groups is 1. The molecular weight excluding hydrogens is 574 g/mol. The molecule has 0 aliphatic heterocycles. The molecule has 0 heterocycles. The monoisotopic (exact) mass is 621 g/mol. The molecule has 9 N–H and O–H groups in total. The fourth-order valence-corrected chi connectivity index (χ4v) is 3.96. The van der Waals surface area contributed by atoms with Crippen LogP contribution in [0.3, 0.4) is 0 Å². The summed E-state index contributed by atoms with van der Waals surface area (Å²) < 4.78 is 10.5. The highest BCUT2D eigenvalue weighted by molar-refractivity contribution is 5.98. The number of rotatable bonds is 21. The third-order valence-electron chi connectivity index (χ3n) is 6.55. The zero-order valence-corrected chi connectivity index (χ0v) is 25.9. The molecule has 0 fully saturated rings. The number of hydrogen-bond donors (Lipinski definition) is 7. The SMILES string of the molecule is CC(CCOC(C)CCC(=O)N[C@H](C(=O)N[C@@H](CCCNC(N)=O)C(=O)Nc1ccc(COC(N)=O)cc1)C(C)C)NC=O. The molecule has 0 spiro atoms. The van der Waals surface area contributed by atoms with Crippen molar-refractivity contribution >= 4 is 41.9 Å². The molecule has 0 saturated heterocycles. The van der Waals surface area contributed by atoms with E-state index in [4.69, 9.17) is 20.9 Å². The van der Waals surface area contributed by atoms with Gasteiger partial charge in [0.2, 0.25) is 24.1 Å². The minimum atomic E-state index is -0.988. The van der Waals surface area contributed by atoms with Crippen molar-refractivity contribution in [2.45, 2.75) is 90.6 Å². The Labute approximate surface area is 257 Å². The molecule has 0 bridgehead atoms. The predicted molar refractivity (Wildman–Crippen MR) is 163 cm³/mol. The average molecular weight is 622 g/mol. The molecule has 2 unspecified atom stereocenters. The molecule has 246 valence electrons. The number of carbonyl (C=O) groups excluding carboxylic acids is 6. The van der Waals surface area contributed by atoms with Gasteiger partial charge in [-0.25, -0.2) is 9.59 Å². The van der Waals surface area contributed by atoms with E-state index in [9.17, 15) is 28.8 Å². The van der Waals surface area contributed by atoms with Crippen LogP contribution in [-0.2, 0) is 35.3 Å². The van der Waals surface area contributed by atoms with E-state index in [1.54, 1.807) is 38.1 Å². The highest BCUT2D eigenvalue weighted by Gasteiger charge is 2.29. The first-order valence-electron chi connectivity index (χ1n) is 14.6. The Balaban J connectivity index is 2.79. The highest BCUT2D eigenvalue weighted by atomic mass is 16.5. The number of benzene rings is 1. The van der Waals surface area contributed by atoms with Crippen molar-refractivity contribution in [2.24, 2.45) is 17.4 Å². The zero-order valence-electron chi connectivity index (χ0n) is 25.9. The van der Waals surface area contributed by atoms with Gasteiger partial charge in [-0.05, 0) is 63.1 Å². The van der Waals surface area contributed by atoms with Crippen molar-refractivity contribution in [1.29, 1.82) is 0 Å². The van der Waals surface area contributed by atoms with E-state index in [0.29, 0.717) is 43.5 Å². The molecule has 7 amide bonds. The van der Waals surface area contributed by atoms with E-state index < -0.39 is 36.0 Å². The van der Waals surface area contributed by atoms with Crippen molar-refractivity contribution in [3.63, 3.8) is 0 Å². The van der Waals surface area contributed by atoms with Crippen LogP contribution in [-0.4, -0.2) is 73.6 Å². The van der Waals surface area contributed by atoms with Crippen molar-refractivity contribution in [3.05, 3.63) is 29.8 Å². The third kappa shape index (κ3) is 16.3. The molecule has 15 nitrogen and oxygen atoms in total. The number of anilines is 1. The second-order valence-electron chi connectivity index (χ2n) is 10.8. The van der Waals surface area contributed by atoms with E-state index in [2.05, 4.69) is 26.6 Å². The van der Waals surface area contributed by atoms with Crippen LogP contribution in [0.25, 0.3) is 0 Å². The van der Waals surface area contributed by atoms with E-state index in [1.807, 2.05) is 13.8 Å². The van der Waals surface area contributed by atoms with Crippen molar-refractivity contribution in [1.82, 2.24) is 21.3 Å². The standard InChI is InChI=1S/C29H47N7O8/c1-18(2)25(36-24(38)12-7-20(4)43-15-13-19(3)33-17-37)27(40)35-23(6-5-14-32-28(30)41)26(39)34-22-10-8-21(9-11-22)16-44-29(31)42/h8-11,17-20,23,25H,5-7,12-16H2,1-4H3,(H2,31,42)(H,33,37)(H,34,39)(H,35,40)(H,36,38)(H3,30,32,41)/t19?,20?,23-,25-/m0/s1. The number of carbonyl (C=O) groups is 6. The van der Waals surface area contributed by atoms with Gasteiger partial charge < -0.3 is 47.5 Å². The molecular formula is C29H47N7O8. The average Bonchev–Trinajstić information content (AvgIpc) is 2.95. The number of nitrogens with two attached hydrogens (primary N) is 2. The second-order valence-corrected chi connectivity index (χ2v) is 10.8. The summed E-state index contributed by atoms with van der Waals surface area (Å²) in [6, 6.07) is 3.88. The van der Waals surface area contributed by atoms with Crippen LogP contribution in [0.1, 0.15) is 65.4 Å². The Morgan fingerprint density at radius 2 is 1.59 bits per heavy atom. The molecule has 1 rings (SSSR count). The van der Waals surface area contributed by atoms with Crippen LogP contribution < -0.4 is 38.1 Å². The summed E-state index contributed by atoms with van der Waals surface area (Å²) in [5.41, 5.74) is 11.2. The summed E-state index contributed by atoms with van der Waals surface area (Å²) in [7, 11) is 0. The number of primary amides is 2. The van der Waals surface area contributed by atoms with Gasteiger partial charge >= 0.3 is 12.1 Å². The number of nitrogens with one attached hydrogen (secondary N) is 5. The molecule has 0 radical (unpaired) electrons. The quantitative estimate of drug-likeness (QED) is 0.0771. The highest BCUT2D eigenvalue weighted by Crippen LogP contribution is 2.13.